The Hall–Kier alpha value is -1.01. The molecule has 3 N–H and O–H groups in total. The smallest absolute Gasteiger partial charge is 0.123 e. The molecule has 1 heterocycles. The number of aliphatic hydroxyl groups is 1. The van der Waals surface area contributed by atoms with Gasteiger partial charge in [-0.05, 0) is 31.5 Å². The highest BCUT2D eigenvalue weighted by Crippen LogP contribution is 2.22. The molecule has 21 heavy (non-hydrogen) atoms. The molecule has 0 saturated carbocycles. The van der Waals surface area contributed by atoms with Crippen LogP contribution in [0.25, 0.3) is 0 Å². The van der Waals surface area contributed by atoms with Crippen molar-refractivity contribution in [1.82, 2.24) is 9.80 Å². The third-order valence-electron chi connectivity index (χ3n) is 3.91. The summed E-state index contributed by atoms with van der Waals surface area (Å²) in [7, 11) is 0. The van der Waals surface area contributed by atoms with Gasteiger partial charge in [-0.3, -0.25) is 9.80 Å². The van der Waals surface area contributed by atoms with E-state index in [-0.39, 0.29) is 11.9 Å². The number of β-amino-alcohol motifs (C(OH)–C–C–N with tert-alkyl or cyclic N) is 1. The SMILES string of the molecule is CC(C)(O)CN1CCN(C(CN)c2cccc(F)c2)CC1. The van der Waals surface area contributed by atoms with E-state index in [9.17, 15) is 9.50 Å². The maximum atomic E-state index is 13.4. The normalized spacial score (nSPS) is 19.7. The van der Waals surface area contributed by atoms with Crippen LogP contribution in [-0.4, -0.2) is 59.8 Å². The van der Waals surface area contributed by atoms with Gasteiger partial charge in [0, 0.05) is 45.3 Å². The molecule has 1 fully saturated rings. The van der Waals surface area contributed by atoms with Gasteiger partial charge in [-0.25, -0.2) is 4.39 Å². The Morgan fingerprint density at radius 2 is 1.95 bits per heavy atom. The van der Waals surface area contributed by atoms with Gasteiger partial charge in [-0.1, -0.05) is 12.1 Å². The lowest BCUT2D eigenvalue weighted by Crippen LogP contribution is -2.52. The molecule has 1 aliphatic rings. The predicted molar refractivity (Wildman–Crippen MR) is 82.5 cm³/mol. The number of benzene rings is 1. The zero-order valence-corrected chi connectivity index (χ0v) is 12.9. The first-order valence-electron chi connectivity index (χ1n) is 7.53. The van der Waals surface area contributed by atoms with Gasteiger partial charge in [0.05, 0.1) is 5.60 Å². The van der Waals surface area contributed by atoms with E-state index in [1.165, 1.54) is 6.07 Å². The Labute approximate surface area is 126 Å². The molecular formula is C16H26FN3O. The molecule has 1 aromatic carbocycles. The van der Waals surface area contributed by atoms with Crippen molar-refractivity contribution in [3.05, 3.63) is 35.6 Å². The van der Waals surface area contributed by atoms with E-state index in [1.54, 1.807) is 12.1 Å². The molecule has 4 nitrogen and oxygen atoms in total. The minimum atomic E-state index is -0.669. The maximum Gasteiger partial charge on any atom is 0.123 e. The molecule has 0 aliphatic carbocycles. The van der Waals surface area contributed by atoms with E-state index in [4.69, 9.17) is 5.73 Å². The summed E-state index contributed by atoms with van der Waals surface area (Å²) in [5.41, 5.74) is 6.17. The summed E-state index contributed by atoms with van der Waals surface area (Å²) in [4.78, 5) is 4.56. The number of hydrogen-bond donors (Lipinski definition) is 2. The highest BCUT2D eigenvalue weighted by atomic mass is 19.1. The molecule has 0 spiro atoms. The van der Waals surface area contributed by atoms with E-state index < -0.39 is 5.60 Å². The lowest BCUT2D eigenvalue weighted by Gasteiger charge is -2.40. The number of nitrogens with zero attached hydrogens (tertiary/aromatic N) is 2. The first-order valence-corrected chi connectivity index (χ1v) is 7.53. The van der Waals surface area contributed by atoms with Gasteiger partial charge < -0.3 is 10.8 Å². The van der Waals surface area contributed by atoms with Gasteiger partial charge in [-0.2, -0.15) is 0 Å². The Morgan fingerprint density at radius 3 is 2.48 bits per heavy atom. The molecule has 1 unspecified atom stereocenters. The first-order chi connectivity index (χ1) is 9.89. The van der Waals surface area contributed by atoms with Crippen molar-refractivity contribution in [3.8, 4) is 0 Å². The molecular weight excluding hydrogens is 269 g/mol. The number of nitrogens with two attached hydrogens (primary N) is 1. The average molecular weight is 295 g/mol. The van der Waals surface area contributed by atoms with Gasteiger partial charge in [0.1, 0.15) is 5.82 Å². The maximum absolute atomic E-state index is 13.4. The van der Waals surface area contributed by atoms with Crippen LogP contribution in [0, 0.1) is 5.82 Å². The average Bonchev–Trinajstić information content (AvgIpc) is 2.40. The van der Waals surface area contributed by atoms with Crippen molar-refractivity contribution >= 4 is 0 Å². The first kappa shape index (κ1) is 16.4. The van der Waals surface area contributed by atoms with E-state index in [0.717, 1.165) is 31.7 Å². The molecule has 1 atom stereocenters. The molecule has 0 aromatic heterocycles. The highest BCUT2D eigenvalue weighted by Gasteiger charge is 2.26. The predicted octanol–water partition coefficient (Wildman–Crippen LogP) is 1.21. The Kier molecular flexibility index (Phi) is 5.32. The molecule has 0 bridgehead atoms. The van der Waals surface area contributed by atoms with Crippen LogP contribution in [0.3, 0.4) is 0 Å². The third-order valence-corrected chi connectivity index (χ3v) is 3.91. The summed E-state index contributed by atoms with van der Waals surface area (Å²) in [6, 6.07) is 6.76. The second-order valence-corrected chi connectivity index (χ2v) is 6.43. The summed E-state index contributed by atoms with van der Waals surface area (Å²) >= 11 is 0. The third kappa shape index (κ3) is 4.74. The van der Waals surface area contributed by atoms with Gasteiger partial charge in [0.2, 0.25) is 0 Å². The fraction of sp³-hybridized carbons (Fsp3) is 0.625. The topological polar surface area (TPSA) is 52.7 Å². The van der Waals surface area contributed by atoms with E-state index in [0.29, 0.717) is 13.1 Å². The van der Waals surface area contributed by atoms with Crippen molar-refractivity contribution in [2.45, 2.75) is 25.5 Å². The van der Waals surface area contributed by atoms with Gasteiger partial charge in [-0.15, -0.1) is 0 Å². The van der Waals surface area contributed by atoms with Crippen LogP contribution < -0.4 is 5.73 Å². The van der Waals surface area contributed by atoms with Crippen LogP contribution in [0.1, 0.15) is 25.5 Å². The molecule has 1 aromatic rings. The van der Waals surface area contributed by atoms with Crippen molar-refractivity contribution in [2.75, 3.05) is 39.3 Å². The van der Waals surface area contributed by atoms with E-state index in [2.05, 4.69) is 9.80 Å². The summed E-state index contributed by atoms with van der Waals surface area (Å²) in [6.07, 6.45) is 0. The zero-order valence-electron chi connectivity index (χ0n) is 12.9. The zero-order chi connectivity index (χ0) is 15.5. The molecule has 0 amide bonds. The van der Waals surface area contributed by atoms with Crippen LogP contribution in [0.5, 0.6) is 0 Å². The molecule has 2 rings (SSSR count). The quantitative estimate of drug-likeness (QED) is 0.857. The molecule has 1 aliphatic heterocycles. The van der Waals surface area contributed by atoms with Gasteiger partial charge in [0.15, 0.2) is 0 Å². The lowest BCUT2D eigenvalue weighted by molar-refractivity contribution is 0.0113. The standard InChI is InChI=1S/C16H26FN3O/c1-16(2,21)12-19-6-8-20(9-7-19)15(11-18)13-4-3-5-14(17)10-13/h3-5,10,15,21H,6-9,11-12,18H2,1-2H3. The number of hydrogen-bond acceptors (Lipinski definition) is 4. The Bertz CT molecular complexity index is 453. The number of halogens is 1. The minimum absolute atomic E-state index is 0.0602. The second-order valence-electron chi connectivity index (χ2n) is 6.43. The molecule has 118 valence electrons. The summed E-state index contributed by atoms with van der Waals surface area (Å²) in [5.74, 6) is -0.216. The summed E-state index contributed by atoms with van der Waals surface area (Å²) in [5, 5.41) is 9.88. The molecule has 1 saturated heterocycles. The van der Waals surface area contributed by atoms with Crippen LogP contribution >= 0.6 is 0 Å². The number of rotatable bonds is 5. The lowest BCUT2D eigenvalue weighted by atomic mass is 10.0. The van der Waals surface area contributed by atoms with Crippen LogP contribution in [0.4, 0.5) is 4.39 Å². The van der Waals surface area contributed by atoms with Crippen LogP contribution in [0.2, 0.25) is 0 Å². The van der Waals surface area contributed by atoms with Crippen molar-refractivity contribution in [1.29, 1.82) is 0 Å². The summed E-state index contributed by atoms with van der Waals surface area (Å²) < 4.78 is 13.4. The fourth-order valence-corrected chi connectivity index (χ4v) is 2.99. The second kappa shape index (κ2) is 6.83. The Morgan fingerprint density at radius 1 is 1.29 bits per heavy atom. The van der Waals surface area contributed by atoms with Crippen molar-refractivity contribution in [2.24, 2.45) is 5.73 Å². The monoisotopic (exact) mass is 295 g/mol. The summed E-state index contributed by atoms with van der Waals surface area (Å²) in [6.45, 7) is 8.38. The van der Waals surface area contributed by atoms with Crippen LogP contribution in [-0.2, 0) is 0 Å². The van der Waals surface area contributed by atoms with Gasteiger partial charge in [0.25, 0.3) is 0 Å². The molecule has 0 radical (unpaired) electrons. The minimum Gasteiger partial charge on any atom is -0.389 e. The van der Waals surface area contributed by atoms with Crippen molar-refractivity contribution in [3.63, 3.8) is 0 Å². The highest BCUT2D eigenvalue weighted by molar-refractivity contribution is 5.20. The number of piperazine rings is 1. The van der Waals surface area contributed by atoms with Crippen molar-refractivity contribution < 1.29 is 9.50 Å². The van der Waals surface area contributed by atoms with E-state index >= 15 is 0 Å². The Balaban J connectivity index is 1.96. The largest absolute Gasteiger partial charge is 0.389 e. The van der Waals surface area contributed by atoms with Crippen LogP contribution in [0.15, 0.2) is 24.3 Å². The van der Waals surface area contributed by atoms with Gasteiger partial charge >= 0.3 is 0 Å². The van der Waals surface area contributed by atoms with E-state index in [1.807, 2.05) is 19.9 Å². The molecule has 5 heteroatoms. The fourth-order valence-electron chi connectivity index (χ4n) is 2.99.